The molecule has 0 atom stereocenters. The van der Waals surface area contributed by atoms with Crippen LogP contribution in [-0.4, -0.2) is 82.3 Å². The fourth-order valence-electron chi connectivity index (χ4n) is 4.04. The molecule has 0 amide bonds. The first kappa shape index (κ1) is 21.8. The molecule has 10 heteroatoms. The van der Waals surface area contributed by atoms with Crippen LogP contribution in [0.4, 0.5) is 11.6 Å². The summed E-state index contributed by atoms with van der Waals surface area (Å²) in [6, 6.07) is 5.34. The molecule has 9 nitrogen and oxygen atoms in total. The van der Waals surface area contributed by atoms with Crippen LogP contribution in [-0.2, 0) is 14.8 Å². The molecule has 0 N–H and O–H groups in total. The molecule has 1 aromatic heterocycles. The molecule has 4 rings (SSSR count). The molecule has 2 fully saturated rings. The summed E-state index contributed by atoms with van der Waals surface area (Å²) < 4.78 is 38.9. The molecule has 31 heavy (non-hydrogen) atoms. The summed E-state index contributed by atoms with van der Waals surface area (Å²) in [7, 11) is -1.98. The van der Waals surface area contributed by atoms with Crippen molar-refractivity contribution in [1.82, 2.24) is 14.3 Å². The Morgan fingerprint density at radius 1 is 0.903 bits per heavy atom. The zero-order chi connectivity index (χ0) is 22.0. The van der Waals surface area contributed by atoms with Crippen molar-refractivity contribution in [3.8, 4) is 5.75 Å². The molecule has 1 aromatic carbocycles. The van der Waals surface area contributed by atoms with Crippen LogP contribution in [0.3, 0.4) is 0 Å². The number of nitrogens with zero attached hydrogens (tertiary/aromatic N) is 5. The standard InChI is InChI=1S/C21H29N5O4S/c1-16-17(2)19(5-4-18(16)29-3)31(27,28)26-8-6-24(7-9-26)20-14-21(23-15-22-20)25-10-12-30-13-11-25/h4-5,14-15H,6-13H2,1-3H3. The smallest absolute Gasteiger partial charge is 0.243 e. The Hall–Kier alpha value is -2.43. The maximum atomic E-state index is 13.3. The van der Waals surface area contributed by atoms with Gasteiger partial charge in [-0.15, -0.1) is 0 Å². The highest BCUT2D eigenvalue weighted by Gasteiger charge is 2.31. The van der Waals surface area contributed by atoms with Crippen LogP contribution >= 0.6 is 0 Å². The van der Waals surface area contributed by atoms with Crippen LogP contribution in [0.5, 0.6) is 5.75 Å². The van der Waals surface area contributed by atoms with Crippen molar-refractivity contribution in [2.75, 3.05) is 69.4 Å². The first-order chi connectivity index (χ1) is 14.9. The van der Waals surface area contributed by atoms with Crippen LogP contribution in [0.25, 0.3) is 0 Å². The SMILES string of the molecule is COc1ccc(S(=O)(=O)N2CCN(c3cc(N4CCOCC4)ncn3)CC2)c(C)c1C. The lowest BCUT2D eigenvalue weighted by molar-refractivity contribution is 0.122. The van der Waals surface area contributed by atoms with E-state index in [2.05, 4.69) is 19.8 Å². The van der Waals surface area contributed by atoms with E-state index in [0.29, 0.717) is 50.0 Å². The van der Waals surface area contributed by atoms with Crippen LogP contribution < -0.4 is 14.5 Å². The number of ether oxygens (including phenoxy) is 2. The minimum Gasteiger partial charge on any atom is -0.496 e. The van der Waals surface area contributed by atoms with Crippen molar-refractivity contribution in [2.24, 2.45) is 0 Å². The predicted octanol–water partition coefficient (Wildman–Crippen LogP) is 1.45. The number of piperazine rings is 1. The number of sulfonamides is 1. The van der Waals surface area contributed by atoms with Crippen molar-refractivity contribution in [3.05, 3.63) is 35.7 Å². The summed E-state index contributed by atoms with van der Waals surface area (Å²) in [5.41, 5.74) is 1.58. The van der Waals surface area contributed by atoms with Crippen molar-refractivity contribution in [1.29, 1.82) is 0 Å². The summed E-state index contributed by atoms with van der Waals surface area (Å²) in [6.07, 6.45) is 1.58. The normalized spacial score (nSPS) is 18.3. The maximum absolute atomic E-state index is 13.3. The molecular weight excluding hydrogens is 418 g/mol. The highest BCUT2D eigenvalue weighted by atomic mass is 32.2. The van der Waals surface area contributed by atoms with E-state index in [1.807, 2.05) is 19.9 Å². The average Bonchev–Trinajstić information content (AvgIpc) is 2.81. The van der Waals surface area contributed by atoms with Gasteiger partial charge in [0.05, 0.1) is 25.2 Å². The van der Waals surface area contributed by atoms with E-state index in [1.54, 1.807) is 29.9 Å². The van der Waals surface area contributed by atoms with Gasteiger partial charge in [0, 0.05) is 45.3 Å². The van der Waals surface area contributed by atoms with Gasteiger partial charge in [-0.25, -0.2) is 18.4 Å². The summed E-state index contributed by atoms with van der Waals surface area (Å²) in [5.74, 6) is 2.40. The van der Waals surface area contributed by atoms with E-state index in [4.69, 9.17) is 9.47 Å². The van der Waals surface area contributed by atoms with Crippen LogP contribution in [0.2, 0.25) is 0 Å². The van der Waals surface area contributed by atoms with Gasteiger partial charge in [-0.1, -0.05) is 0 Å². The number of anilines is 2. The molecular formula is C21H29N5O4S. The second kappa shape index (κ2) is 8.97. The first-order valence-electron chi connectivity index (χ1n) is 10.5. The van der Waals surface area contributed by atoms with Gasteiger partial charge >= 0.3 is 0 Å². The monoisotopic (exact) mass is 447 g/mol. The molecule has 2 aliphatic heterocycles. The average molecular weight is 448 g/mol. The number of morpholine rings is 1. The summed E-state index contributed by atoms with van der Waals surface area (Å²) >= 11 is 0. The molecule has 3 heterocycles. The van der Waals surface area contributed by atoms with Crippen molar-refractivity contribution < 1.29 is 17.9 Å². The Balaban J connectivity index is 1.47. The number of aromatic nitrogens is 2. The van der Waals surface area contributed by atoms with E-state index in [1.165, 1.54) is 0 Å². The van der Waals surface area contributed by atoms with Crippen molar-refractivity contribution in [2.45, 2.75) is 18.7 Å². The molecule has 0 spiro atoms. The second-order valence-electron chi connectivity index (χ2n) is 7.74. The van der Waals surface area contributed by atoms with Gasteiger partial charge in [-0.2, -0.15) is 4.31 Å². The van der Waals surface area contributed by atoms with E-state index >= 15 is 0 Å². The Bertz CT molecular complexity index is 1030. The fraction of sp³-hybridized carbons (Fsp3) is 0.524. The van der Waals surface area contributed by atoms with Crippen LogP contribution in [0.1, 0.15) is 11.1 Å². The molecule has 2 saturated heterocycles. The molecule has 0 bridgehead atoms. The van der Waals surface area contributed by atoms with E-state index in [0.717, 1.165) is 35.9 Å². The second-order valence-corrected chi connectivity index (χ2v) is 9.65. The fourth-order valence-corrected chi connectivity index (χ4v) is 5.75. The van der Waals surface area contributed by atoms with E-state index < -0.39 is 10.0 Å². The lowest BCUT2D eigenvalue weighted by atomic mass is 10.1. The molecule has 0 radical (unpaired) electrons. The number of hydrogen-bond acceptors (Lipinski definition) is 8. The van der Waals surface area contributed by atoms with Crippen molar-refractivity contribution >= 4 is 21.7 Å². The van der Waals surface area contributed by atoms with Gasteiger partial charge in [-0.3, -0.25) is 0 Å². The Kier molecular flexibility index (Phi) is 6.31. The summed E-state index contributed by atoms with van der Waals surface area (Å²) in [6.45, 7) is 8.68. The zero-order valence-corrected chi connectivity index (χ0v) is 19.1. The lowest BCUT2D eigenvalue weighted by Gasteiger charge is -2.35. The minimum atomic E-state index is -3.57. The van der Waals surface area contributed by atoms with Gasteiger partial charge in [0.2, 0.25) is 10.0 Å². The molecule has 2 aromatic rings. The highest BCUT2D eigenvalue weighted by Crippen LogP contribution is 2.29. The van der Waals surface area contributed by atoms with E-state index in [-0.39, 0.29) is 0 Å². The molecule has 2 aliphatic rings. The Morgan fingerprint density at radius 2 is 1.52 bits per heavy atom. The molecule has 0 unspecified atom stereocenters. The topological polar surface area (TPSA) is 88.1 Å². The van der Waals surface area contributed by atoms with Gasteiger partial charge in [-0.05, 0) is 37.1 Å². The van der Waals surface area contributed by atoms with Gasteiger partial charge < -0.3 is 19.3 Å². The Morgan fingerprint density at radius 3 is 2.13 bits per heavy atom. The number of hydrogen-bond donors (Lipinski definition) is 0. The minimum absolute atomic E-state index is 0.343. The number of methoxy groups -OCH3 is 1. The van der Waals surface area contributed by atoms with Gasteiger partial charge in [0.1, 0.15) is 23.7 Å². The van der Waals surface area contributed by atoms with Gasteiger partial charge in [0.15, 0.2) is 0 Å². The number of rotatable bonds is 5. The zero-order valence-electron chi connectivity index (χ0n) is 18.2. The molecule has 168 valence electrons. The third-order valence-corrected chi connectivity index (χ3v) is 8.10. The summed E-state index contributed by atoms with van der Waals surface area (Å²) in [5, 5.41) is 0. The molecule has 0 aliphatic carbocycles. The lowest BCUT2D eigenvalue weighted by Crippen LogP contribution is -2.49. The van der Waals surface area contributed by atoms with Gasteiger partial charge in [0.25, 0.3) is 0 Å². The quantitative estimate of drug-likeness (QED) is 0.681. The third-order valence-electron chi connectivity index (χ3n) is 6.06. The van der Waals surface area contributed by atoms with Crippen LogP contribution in [0.15, 0.2) is 29.4 Å². The van der Waals surface area contributed by atoms with E-state index in [9.17, 15) is 8.42 Å². The summed E-state index contributed by atoms with van der Waals surface area (Å²) in [4.78, 5) is 13.5. The molecule has 0 saturated carbocycles. The highest BCUT2D eigenvalue weighted by molar-refractivity contribution is 7.89. The predicted molar refractivity (Wildman–Crippen MR) is 119 cm³/mol. The number of benzene rings is 1. The third kappa shape index (κ3) is 4.32. The Labute approximate surface area is 183 Å². The first-order valence-corrected chi connectivity index (χ1v) is 11.9. The maximum Gasteiger partial charge on any atom is 0.243 e. The van der Waals surface area contributed by atoms with Crippen LogP contribution in [0, 0.1) is 13.8 Å². The largest absolute Gasteiger partial charge is 0.496 e. The van der Waals surface area contributed by atoms with Crippen molar-refractivity contribution in [3.63, 3.8) is 0 Å².